The first kappa shape index (κ1) is 17.1. The monoisotopic (exact) mass is 341 g/mol. The van der Waals surface area contributed by atoms with Crippen molar-refractivity contribution in [2.24, 2.45) is 0 Å². The lowest BCUT2D eigenvalue weighted by molar-refractivity contribution is 0.0858. The van der Waals surface area contributed by atoms with Crippen LogP contribution in [0.4, 0.5) is 0 Å². The van der Waals surface area contributed by atoms with E-state index < -0.39 is 0 Å². The number of hydrogen-bond acceptors (Lipinski definition) is 3. The van der Waals surface area contributed by atoms with Gasteiger partial charge in [-0.25, -0.2) is 0 Å². The van der Waals surface area contributed by atoms with Gasteiger partial charge in [-0.3, -0.25) is 4.79 Å². The van der Waals surface area contributed by atoms with Gasteiger partial charge in [-0.1, -0.05) is 29.8 Å². The van der Waals surface area contributed by atoms with Crippen LogP contribution in [-0.4, -0.2) is 25.2 Å². The van der Waals surface area contributed by atoms with Gasteiger partial charge in [0, 0.05) is 29.4 Å². The molecule has 0 aromatic heterocycles. The van der Waals surface area contributed by atoms with Gasteiger partial charge in [0.2, 0.25) is 0 Å². The Balaban J connectivity index is 1.48. The molecule has 3 nitrogen and oxygen atoms in total. The van der Waals surface area contributed by atoms with Crippen LogP contribution >= 0.6 is 11.8 Å². The van der Waals surface area contributed by atoms with E-state index in [1.807, 2.05) is 24.3 Å². The lowest BCUT2D eigenvalue weighted by Crippen LogP contribution is -2.31. The summed E-state index contributed by atoms with van der Waals surface area (Å²) < 4.78 is 5.52. The molecule has 0 bridgehead atoms. The Morgan fingerprint density at radius 2 is 1.92 bits per heavy atom. The van der Waals surface area contributed by atoms with Gasteiger partial charge in [0.25, 0.3) is 5.91 Å². The van der Waals surface area contributed by atoms with Gasteiger partial charge >= 0.3 is 0 Å². The molecule has 1 N–H and O–H groups in total. The summed E-state index contributed by atoms with van der Waals surface area (Å²) in [6.45, 7) is 3.51. The minimum absolute atomic E-state index is 0.0248. The highest BCUT2D eigenvalue weighted by molar-refractivity contribution is 7.98. The van der Waals surface area contributed by atoms with Gasteiger partial charge < -0.3 is 10.1 Å². The summed E-state index contributed by atoms with van der Waals surface area (Å²) in [7, 11) is 0. The second-order valence-corrected chi connectivity index (χ2v) is 7.19. The number of thioether (sulfide) groups is 1. The van der Waals surface area contributed by atoms with Crippen molar-refractivity contribution in [3.05, 3.63) is 65.2 Å². The highest BCUT2D eigenvalue weighted by atomic mass is 32.2. The second kappa shape index (κ2) is 8.36. The van der Waals surface area contributed by atoms with Crippen molar-refractivity contribution in [2.45, 2.75) is 36.5 Å². The molecule has 0 radical (unpaired) electrons. The first-order valence-corrected chi connectivity index (χ1v) is 9.37. The van der Waals surface area contributed by atoms with Crippen LogP contribution in [0, 0.1) is 6.92 Å². The zero-order chi connectivity index (χ0) is 16.8. The smallest absolute Gasteiger partial charge is 0.251 e. The molecular weight excluding hydrogens is 318 g/mol. The molecule has 1 aliphatic heterocycles. The molecule has 1 atom stereocenters. The summed E-state index contributed by atoms with van der Waals surface area (Å²) in [6.07, 6.45) is 2.31. The average Bonchev–Trinajstić information content (AvgIpc) is 3.13. The molecule has 0 spiro atoms. The molecule has 0 aliphatic carbocycles. The molecule has 0 unspecified atom stereocenters. The molecule has 4 heteroatoms. The highest BCUT2D eigenvalue weighted by Gasteiger charge is 2.16. The minimum atomic E-state index is -0.0248. The molecular formula is C20H23NO2S. The Labute approximate surface area is 147 Å². The fourth-order valence-corrected chi connectivity index (χ4v) is 3.52. The van der Waals surface area contributed by atoms with Crippen molar-refractivity contribution in [3.8, 4) is 0 Å². The lowest BCUT2D eigenvalue weighted by Gasteiger charge is -2.11. The maximum atomic E-state index is 12.2. The van der Waals surface area contributed by atoms with E-state index in [-0.39, 0.29) is 12.0 Å². The van der Waals surface area contributed by atoms with Crippen molar-refractivity contribution in [2.75, 3.05) is 13.2 Å². The van der Waals surface area contributed by atoms with E-state index in [1.54, 1.807) is 11.8 Å². The van der Waals surface area contributed by atoms with Crippen LogP contribution in [0.5, 0.6) is 0 Å². The number of carbonyl (C=O) groups is 1. The molecule has 1 fully saturated rings. The predicted octanol–water partition coefficient (Wildman–Crippen LogP) is 4.20. The summed E-state index contributed by atoms with van der Waals surface area (Å²) in [4.78, 5) is 13.4. The first-order chi connectivity index (χ1) is 11.7. The number of ether oxygens (including phenoxy) is 1. The number of benzene rings is 2. The molecule has 0 saturated carbocycles. The standard InChI is InChI=1S/C20H23NO2S/c1-15-4-10-19(11-5-15)24-14-16-6-8-17(9-7-16)20(22)21-13-18-3-2-12-23-18/h4-11,18H,2-3,12-14H2,1H3,(H,21,22)/t18-/m0/s1. The third-order valence-electron chi connectivity index (χ3n) is 4.16. The zero-order valence-electron chi connectivity index (χ0n) is 14.0. The van der Waals surface area contributed by atoms with E-state index in [2.05, 4.69) is 36.5 Å². The quantitative estimate of drug-likeness (QED) is 0.801. The van der Waals surface area contributed by atoms with Crippen LogP contribution in [-0.2, 0) is 10.5 Å². The molecule has 2 aromatic carbocycles. The van der Waals surface area contributed by atoms with Gasteiger partial charge in [-0.05, 0) is 49.6 Å². The lowest BCUT2D eigenvalue weighted by atomic mass is 10.1. The molecule has 1 saturated heterocycles. The van der Waals surface area contributed by atoms with Gasteiger partial charge in [0.15, 0.2) is 0 Å². The van der Waals surface area contributed by atoms with Gasteiger partial charge in [0.05, 0.1) is 6.10 Å². The van der Waals surface area contributed by atoms with Crippen LogP contribution in [0.1, 0.15) is 34.3 Å². The first-order valence-electron chi connectivity index (χ1n) is 8.39. The number of hydrogen-bond donors (Lipinski definition) is 1. The summed E-state index contributed by atoms with van der Waals surface area (Å²) in [6, 6.07) is 16.4. The van der Waals surface area contributed by atoms with Crippen LogP contribution in [0.2, 0.25) is 0 Å². The Morgan fingerprint density at radius 3 is 2.58 bits per heavy atom. The normalized spacial score (nSPS) is 17.0. The molecule has 1 amide bonds. The van der Waals surface area contributed by atoms with Crippen LogP contribution in [0.3, 0.4) is 0 Å². The Morgan fingerprint density at radius 1 is 1.17 bits per heavy atom. The van der Waals surface area contributed by atoms with E-state index in [0.29, 0.717) is 12.1 Å². The molecule has 1 aliphatic rings. The van der Waals surface area contributed by atoms with Crippen LogP contribution in [0.15, 0.2) is 53.4 Å². The summed E-state index contributed by atoms with van der Waals surface area (Å²) in [5.74, 6) is 0.879. The SMILES string of the molecule is Cc1ccc(SCc2ccc(C(=O)NC[C@@H]3CCCO3)cc2)cc1. The van der Waals surface area contributed by atoms with E-state index in [1.165, 1.54) is 16.0 Å². The summed E-state index contributed by atoms with van der Waals surface area (Å²) in [5.41, 5.74) is 3.20. The third kappa shape index (κ3) is 4.86. The fourth-order valence-electron chi connectivity index (χ4n) is 2.67. The van der Waals surface area contributed by atoms with Crippen LogP contribution in [0.25, 0.3) is 0 Å². The van der Waals surface area contributed by atoms with Gasteiger partial charge in [-0.15, -0.1) is 11.8 Å². The topological polar surface area (TPSA) is 38.3 Å². The number of aryl methyl sites for hydroxylation is 1. The number of amides is 1. The Bertz CT molecular complexity index is 661. The molecule has 2 aromatic rings. The maximum Gasteiger partial charge on any atom is 0.251 e. The maximum absolute atomic E-state index is 12.2. The average molecular weight is 341 g/mol. The summed E-state index contributed by atoms with van der Waals surface area (Å²) >= 11 is 1.81. The Hall–Kier alpha value is -1.78. The van der Waals surface area contributed by atoms with Crippen molar-refractivity contribution < 1.29 is 9.53 Å². The molecule has 24 heavy (non-hydrogen) atoms. The zero-order valence-corrected chi connectivity index (χ0v) is 14.8. The second-order valence-electron chi connectivity index (χ2n) is 6.14. The van der Waals surface area contributed by atoms with E-state index in [4.69, 9.17) is 4.74 Å². The van der Waals surface area contributed by atoms with E-state index in [0.717, 1.165) is 25.2 Å². The van der Waals surface area contributed by atoms with Crippen molar-refractivity contribution in [1.82, 2.24) is 5.32 Å². The van der Waals surface area contributed by atoms with Crippen LogP contribution < -0.4 is 5.32 Å². The largest absolute Gasteiger partial charge is 0.376 e. The summed E-state index contributed by atoms with van der Waals surface area (Å²) in [5, 5.41) is 2.95. The van der Waals surface area contributed by atoms with E-state index >= 15 is 0 Å². The Kier molecular flexibility index (Phi) is 5.94. The molecule has 126 valence electrons. The fraction of sp³-hybridized carbons (Fsp3) is 0.350. The third-order valence-corrected chi connectivity index (χ3v) is 5.24. The van der Waals surface area contributed by atoms with Crippen molar-refractivity contribution >= 4 is 17.7 Å². The number of nitrogens with one attached hydrogen (secondary N) is 1. The molecule has 1 heterocycles. The van der Waals surface area contributed by atoms with E-state index in [9.17, 15) is 4.79 Å². The number of carbonyl (C=O) groups excluding carboxylic acids is 1. The number of rotatable bonds is 6. The predicted molar refractivity (Wildman–Crippen MR) is 98.5 cm³/mol. The highest BCUT2D eigenvalue weighted by Crippen LogP contribution is 2.23. The molecule has 3 rings (SSSR count). The van der Waals surface area contributed by atoms with Gasteiger partial charge in [0.1, 0.15) is 0 Å². The van der Waals surface area contributed by atoms with Gasteiger partial charge in [-0.2, -0.15) is 0 Å². The van der Waals surface area contributed by atoms with Crippen molar-refractivity contribution in [3.63, 3.8) is 0 Å². The minimum Gasteiger partial charge on any atom is -0.376 e. The van der Waals surface area contributed by atoms with Crippen molar-refractivity contribution in [1.29, 1.82) is 0 Å².